The summed E-state index contributed by atoms with van der Waals surface area (Å²) in [5, 5.41) is 5.25. The molecule has 2 atom stereocenters. The number of amides is 2. The van der Waals surface area contributed by atoms with Gasteiger partial charge >= 0.3 is 5.97 Å². The van der Waals surface area contributed by atoms with E-state index in [1.165, 1.54) is 7.11 Å². The molecule has 102 valence electrons. The van der Waals surface area contributed by atoms with E-state index < -0.39 is 17.9 Å². The molecule has 0 spiro atoms. The Labute approximate surface area is 106 Å². The van der Waals surface area contributed by atoms with Crippen LogP contribution >= 0.6 is 0 Å². The van der Waals surface area contributed by atoms with Crippen LogP contribution in [0.25, 0.3) is 0 Å². The summed E-state index contributed by atoms with van der Waals surface area (Å²) in [6.07, 6.45) is 0.702. The normalized spacial score (nSPS) is 20.4. The van der Waals surface area contributed by atoms with Crippen LogP contribution in [0.3, 0.4) is 0 Å². The number of ether oxygens (including phenoxy) is 1. The number of hydrogen-bond acceptors (Lipinski definition) is 4. The lowest BCUT2D eigenvalue weighted by Crippen LogP contribution is -2.45. The van der Waals surface area contributed by atoms with Crippen LogP contribution in [0.2, 0.25) is 0 Å². The first-order valence-electron chi connectivity index (χ1n) is 6.09. The highest BCUT2D eigenvalue weighted by molar-refractivity contribution is 5.91. The highest BCUT2D eigenvalue weighted by Crippen LogP contribution is 2.11. The lowest BCUT2D eigenvalue weighted by atomic mass is 10.0. The van der Waals surface area contributed by atoms with Crippen molar-refractivity contribution in [1.29, 1.82) is 0 Å². The fraction of sp³-hybridized carbons (Fsp3) is 0.750. The summed E-state index contributed by atoms with van der Waals surface area (Å²) in [7, 11) is 1.29. The third-order valence-corrected chi connectivity index (χ3v) is 2.86. The van der Waals surface area contributed by atoms with E-state index in [4.69, 9.17) is 0 Å². The van der Waals surface area contributed by atoms with Crippen molar-refractivity contribution < 1.29 is 19.1 Å². The molecule has 0 saturated carbocycles. The summed E-state index contributed by atoms with van der Waals surface area (Å²) in [5.74, 6) is -0.984. The maximum absolute atomic E-state index is 11.9. The fourth-order valence-corrected chi connectivity index (χ4v) is 1.91. The Kier molecular flexibility index (Phi) is 5.12. The van der Waals surface area contributed by atoms with E-state index in [2.05, 4.69) is 15.4 Å². The summed E-state index contributed by atoms with van der Waals surface area (Å²) in [4.78, 5) is 34.5. The minimum atomic E-state index is -0.641. The van der Waals surface area contributed by atoms with Crippen LogP contribution in [0, 0.1) is 11.8 Å². The van der Waals surface area contributed by atoms with E-state index in [-0.39, 0.29) is 24.2 Å². The van der Waals surface area contributed by atoms with Gasteiger partial charge in [0.15, 0.2) is 0 Å². The molecule has 1 rings (SSSR count). The number of carbonyl (C=O) groups is 3. The lowest BCUT2D eigenvalue weighted by Gasteiger charge is -2.19. The van der Waals surface area contributed by atoms with Crippen molar-refractivity contribution in [1.82, 2.24) is 10.6 Å². The highest BCUT2D eigenvalue weighted by atomic mass is 16.5. The number of nitrogens with one attached hydrogen (secondary N) is 2. The van der Waals surface area contributed by atoms with E-state index >= 15 is 0 Å². The van der Waals surface area contributed by atoms with Crippen molar-refractivity contribution in [2.75, 3.05) is 13.7 Å². The molecule has 1 aliphatic heterocycles. The molecule has 1 saturated heterocycles. The number of rotatable bonds is 5. The van der Waals surface area contributed by atoms with E-state index in [9.17, 15) is 14.4 Å². The van der Waals surface area contributed by atoms with Crippen molar-refractivity contribution in [2.24, 2.45) is 11.8 Å². The molecule has 0 aromatic heterocycles. The van der Waals surface area contributed by atoms with Crippen LogP contribution < -0.4 is 10.6 Å². The average molecular weight is 256 g/mol. The number of carbonyl (C=O) groups excluding carboxylic acids is 3. The van der Waals surface area contributed by atoms with Gasteiger partial charge in [-0.25, -0.2) is 4.79 Å². The maximum atomic E-state index is 11.9. The molecule has 0 aliphatic carbocycles. The topological polar surface area (TPSA) is 84.5 Å². The van der Waals surface area contributed by atoms with E-state index in [1.54, 1.807) is 0 Å². The van der Waals surface area contributed by atoms with Crippen molar-refractivity contribution in [3.63, 3.8) is 0 Å². The standard InChI is InChI=1S/C12H20N2O4/c1-7(2)4-9(12(17)18-3)14-11(16)8-5-10(15)13-6-8/h7-9H,4-6H2,1-3H3,(H,13,15)(H,14,16). The Morgan fingerprint density at radius 2 is 2.17 bits per heavy atom. The van der Waals surface area contributed by atoms with Crippen molar-refractivity contribution in [2.45, 2.75) is 32.7 Å². The molecule has 2 unspecified atom stereocenters. The van der Waals surface area contributed by atoms with Crippen molar-refractivity contribution in [3.05, 3.63) is 0 Å². The summed E-state index contributed by atoms with van der Waals surface area (Å²) in [6.45, 7) is 4.26. The summed E-state index contributed by atoms with van der Waals surface area (Å²) < 4.78 is 4.66. The Hall–Kier alpha value is -1.59. The van der Waals surface area contributed by atoms with E-state index in [0.29, 0.717) is 13.0 Å². The van der Waals surface area contributed by atoms with Gasteiger partial charge in [-0.1, -0.05) is 13.8 Å². The first-order chi connectivity index (χ1) is 8.43. The van der Waals surface area contributed by atoms with Gasteiger partial charge in [0.2, 0.25) is 11.8 Å². The molecule has 2 amide bonds. The van der Waals surface area contributed by atoms with Crippen LogP contribution in [0.4, 0.5) is 0 Å². The lowest BCUT2D eigenvalue weighted by molar-refractivity contribution is -0.146. The minimum absolute atomic E-state index is 0.131. The minimum Gasteiger partial charge on any atom is -0.467 e. The molecule has 1 heterocycles. The highest BCUT2D eigenvalue weighted by Gasteiger charge is 2.31. The zero-order chi connectivity index (χ0) is 13.7. The van der Waals surface area contributed by atoms with Gasteiger partial charge in [0.05, 0.1) is 13.0 Å². The van der Waals surface area contributed by atoms with Gasteiger partial charge in [0, 0.05) is 13.0 Å². The Morgan fingerprint density at radius 1 is 1.50 bits per heavy atom. The smallest absolute Gasteiger partial charge is 0.328 e. The number of hydrogen-bond donors (Lipinski definition) is 2. The second kappa shape index (κ2) is 6.37. The molecule has 1 fully saturated rings. The van der Waals surface area contributed by atoms with Gasteiger partial charge < -0.3 is 15.4 Å². The third-order valence-electron chi connectivity index (χ3n) is 2.86. The number of methoxy groups -OCH3 is 1. The predicted octanol–water partition coefficient (Wildman–Crippen LogP) is -0.174. The molecule has 2 N–H and O–H groups in total. The van der Waals surface area contributed by atoms with Gasteiger partial charge in [-0.05, 0) is 12.3 Å². The third kappa shape index (κ3) is 4.01. The molecule has 0 aromatic carbocycles. The second-order valence-electron chi connectivity index (χ2n) is 4.92. The van der Waals surface area contributed by atoms with Crippen LogP contribution in [-0.4, -0.2) is 37.5 Å². The second-order valence-corrected chi connectivity index (χ2v) is 4.92. The summed E-state index contributed by atoms with van der Waals surface area (Å²) in [6, 6.07) is -0.641. The van der Waals surface area contributed by atoms with Gasteiger partial charge in [0.1, 0.15) is 6.04 Å². The molecular formula is C12H20N2O4. The van der Waals surface area contributed by atoms with Crippen LogP contribution in [0.15, 0.2) is 0 Å². The maximum Gasteiger partial charge on any atom is 0.328 e. The quantitative estimate of drug-likeness (QED) is 0.669. The Bertz CT molecular complexity index is 341. The van der Waals surface area contributed by atoms with Crippen molar-refractivity contribution in [3.8, 4) is 0 Å². The van der Waals surface area contributed by atoms with Gasteiger partial charge in [-0.2, -0.15) is 0 Å². The molecule has 6 nitrogen and oxygen atoms in total. The van der Waals surface area contributed by atoms with E-state index in [0.717, 1.165) is 0 Å². The zero-order valence-corrected chi connectivity index (χ0v) is 11.0. The predicted molar refractivity (Wildman–Crippen MR) is 64.5 cm³/mol. The Morgan fingerprint density at radius 3 is 2.61 bits per heavy atom. The molecule has 1 aliphatic rings. The molecule has 6 heteroatoms. The SMILES string of the molecule is COC(=O)C(CC(C)C)NC(=O)C1CNC(=O)C1. The molecule has 0 bridgehead atoms. The average Bonchev–Trinajstić information content (AvgIpc) is 2.73. The largest absolute Gasteiger partial charge is 0.467 e. The van der Waals surface area contributed by atoms with Gasteiger partial charge in [0.25, 0.3) is 0 Å². The zero-order valence-electron chi connectivity index (χ0n) is 11.0. The first-order valence-corrected chi connectivity index (χ1v) is 6.09. The summed E-state index contributed by atoms with van der Waals surface area (Å²) >= 11 is 0. The van der Waals surface area contributed by atoms with Crippen LogP contribution in [0.5, 0.6) is 0 Å². The van der Waals surface area contributed by atoms with Crippen molar-refractivity contribution >= 4 is 17.8 Å². The molecule has 18 heavy (non-hydrogen) atoms. The summed E-state index contributed by atoms with van der Waals surface area (Å²) in [5.41, 5.74) is 0. The Balaban J connectivity index is 2.56. The first kappa shape index (κ1) is 14.5. The molecule has 0 aromatic rings. The monoisotopic (exact) mass is 256 g/mol. The number of esters is 1. The van der Waals surface area contributed by atoms with Crippen LogP contribution in [0.1, 0.15) is 26.7 Å². The van der Waals surface area contributed by atoms with Gasteiger partial charge in [-0.15, -0.1) is 0 Å². The fourth-order valence-electron chi connectivity index (χ4n) is 1.91. The van der Waals surface area contributed by atoms with E-state index in [1.807, 2.05) is 13.8 Å². The molecule has 0 radical (unpaired) electrons. The van der Waals surface area contributed by atoms with Gasteiger partial charge in [-0.3, -0.25) is 9.59 Å². The van der Waals surface area contributed by atoms with Crippen LogP contribution in [-0.2, 0) is 19.1 Å². The molecular weight excluding hydrogens is 236 g/mol.